The monoisotopic (exact) mass is 349 g/mol. The summed E-state index contributed by atoms with van der Waals surface area (Å²) in [4.78, 5) is 11.9. The Bertz CT molecular complexity index is 425. The number of nitrogens with two attached hydrogens (primary N) is 1. The molecule has 1 rings (SSSR count). The lowest BCUT2D eigenvalue weighted by Crippen LogP contribution is -2.24. The van der Waals surface area contributed by atoms with E-state index >= 15 is 0 Å². The summed E-state index contributed by atoms with van der Waals surface area (Å²) in [5.74, 6) is -0.432. The maximum Gasteiger partial charge on any atom is 0.341 e. The maximum absolute atomic E-state index is 11.9. The predicted molar refractivity (Wildman–Crippen MR) is 71.4 cm³/mol. The van der Waals surface area contributed by atoms with Gasteiger partial charge in [0.15, 0.2) is 0 Å². The summed E-state index contributed by atoms with van der Waals surface area (Å²) in [6.07, 6.45) is 0. The molecule has 2 N–H and O–H groups in total. The first-order valence-corrected chi connectivity index (χ1v) is 6.28. The van der Waals surface area contributed by atoms with Crippen molar-refractivity contribution < 1.29 is 9.53 Å². The Balaban J connectivity index is 3.14. The first-order chi connectivity index (χ1) is 7.22. The van der Waals surface area contributed by atoms with Crippen LogP contribution in [-0.4, -0.2) is 11.6 Å². The van der Waals surface area contributed by atoms with E-state index in [2.05, 4.69) is 31.9 Å². The number of carbonyl (C=O) groups excluding carboxylic acids is 1. The minimum absolute atomic E-state index is 0.351. The minimum atomic E-state index is -0.536. The average molecular weight is 351 g/mol. The van der Waals surface area contributed by atoms with Crippen LogP contribution in [0, 0.1) is 0 Å². The molecule has 0 atom stereocenters. The van der Waals surface area contributed by atoms with Crippen LogP contribution in [0.4, 0.5) is 5.69 Å². The molecule has 0 aliphatic rings. The molecule has 0 unspecified atom stereocenters. The summed E-state index contributed by atoms with van der Waals surface area (Å²) < 4.78 is 6.58. The van der Waals surface area contributed by atoms with Crippen molar-refractivity contribution in [1.82, 2.24) is 0 Å². The highest BCUT2D eigenvalue weighted by molar-refractivity contribution is 9.11. The van der Waals surface area contributed by atoms with Crippen molar-refractivity contribution >= 4 is 43.5 Å². The largest absolute Gasteiger partial charge is 0.456 e. The smallest absolute Gasteiger partial charge is 0.341 e. The molecule has 88 valence electrons. The van der Waals surface area contributed by atoms with Gasteiger partial charge in [-0.2, -0.15) is 0 Å². The van der Waals surface area contributed by atoms with Crippen LogP contribution in [0.1, 0.15) is 31.1 Å². The van der Waals surface area contributed by atoms with Crippen LogP contribution in [-0.2, 0) is 4.74 Å². The zero-order valence-corrected chi connectivity index (χ0v) is 12.5. The minimum Gasteiger partial charge on any atom is -0.456 e. The molecule has 0 saturated heterocycles. The first kappa shape index (κ1) is 13.5. The number of ether oxygens (including phenoxy) is 1. The number of hydrogen-bond acceptors (Lipinski definition) is 3. The molecule has 0 amide bonds. The number of carbonyl (C=O) groups is 1. The van der Waals surface area contributed by atoms with E-state index in [0.717, 1.165) is 0 Å². The van der Waals surface area contributed by atoms with Gasteiger partial charge in [-0.15, -0.1) is 0 Å². The van der Waals surface area contributed by atoms with Gasteiger partial charge in [0.25, 0.3) is 0 Å². The fourth-order valence-electron chi connectivity index (χ4n) is 1.10. The van der Waals surface area contributed by atoms with Crippen LogP contribution in [0.25, 0.3) is 0 Å². The van der Waals surface area contributed by atoms with Gasteiger partial charge in [-0.25, -0.2) is 4.79 Å². The molecule has 0 radical (unpaired) electrons. The number of nitrogen functional groups attached to an aromatic ring is 1. The van der Waals surface area contributed by atoms with Crippen molar-refractivity contribution in [2.24, 2.45) is 0 Å². The Labute approximate surface area is 112 Å². The molecular weight excluding hydrogens is 338 g/mol. The van der Waals surface area contributed by atoms with Crippen LogP contribution in [0.2, 0.25) is 0 Å². The van der Waals surface area contributed by atoms with E-state index in [0.29, 0.717) is 20.2 Å². The van der Waals surface area contributed by atoms with E-state index in [1.165, 1.54) is 0 Å². The predicted octanol–water partition coefficient (Wildman–Crippen LogP) is 3.75. The zero-order chi connectivity index (χ0) is 12.5. The van der Waals surface area contributed by atoms with Crippen molar-refractivity contribution in [2.45, 2.75) is 26.4 Å². The van der Waals surface area contributed by atoms with Crippen LogP contribution in [0.15, 0.2) is 21.1 Å². The first-order valence-electron chi connectivity index (χ1n) is 4.69. The quantitative estimate of drug-likeness (QED) is 0.619. The SMILES string of the molecule is CC(C)(C)OC(=O)c1c(Br)ccc(Br)c1N. The van der Waals surface area contributed by atoms with Gasteiger partial charge in [0.1, 0.15) is 5.60 Å². The number of benzene rings is 1. The maximum atomic E-state index is 11.9. The van der Waals surface area contributed by atoms with E-state index in [9.17, 15) is 4.79 Å². The number of anilines is 1. The second kappa shape index (κ2) is 4.75. The van der Waals surface area contributed by atoms with Crippen LogP contribution in [0.3, 0.4) is 0 Å². The molecule has 0 aliphatic carbocycles. The second-order valence-corrected chi connectivity index (χ2v) is 6.03. The molecule has 0 heterocycles. The number of rotatable bonds is 1. The molecule has 0 aliphatic heterocycles. The Morgan fingerprint density at radius 1 is 1.25 bits per heavy atom. The zero-order valence-electron chi connectivity index (χ0n) is 9.30. The van der Waals surface area contributed by atoms with Gasteiger partial charge in [0, 0.05) is 8.95 Å². The molecule has 0 fully saturated rings. The third kappa shape index (κ3) is 3.22. The van der Waals surface area contributed by atoms with Crippen LogP contribution < -0.4 is 5.73 Å². The highest BCUT2D eigenvalue weighted by Gasteiger charge is 2.22. The lowest BCUT2D eigenvalue weighted by atomic mass is 10.1. The van der Waals surface area contributed by atoms with Crippen molar-refractivity contribution in [3.8, 4) is 0 Å². The third-order valence-electron chi connectivity index (χ3n) is 1.74. The molecule has 0 saturated carbocycles. The van der Waals surface area contributed by atoms with Gasteiger partial charge in [-0.3, -0.25) is 0 Å². The lowest BCUT2D eigenvalue weighted by Gasteiger charge is -2.20. The Morgan fingerprint density at radius 2 is 1.75 bits per heavy atom. The van der Waals surface area contributed by atoms with Gasteiger partial charge in [0.05, 0.1) is 11.3 Å². The van der Waals surface area contributed by atoms with E-state index in [1.807, 2.05) is 20.8 Å². The Kier molecular flexibility index (Phi) is 4.02. The van der Waals surface area contributed by atoms with Crippen molar-refractivity contribution in [3.63, 3.8) is 0 Å². The lowest BCUT2D eigenvalue weighted by molar-refractivity contribution is 0.00697. The average Bonchev–Trinajstić information content (AvgIpc) is 2.09. The fraction of sp³-hybridized carbons (Fsp3) is 0.364. The van der Waals surface area contributed by atoms with Crippen LogP contribution >= 0.6 is 31.9 Å². The molecule has 0 spiro atoms. The summed E-state index contributed by atoms with van der Waals surface area (Å²) in [7, 11) is 0. The number of hydrogen-bond donors (Lipinski definition) is 1. The molecule has 1 aromatic carbocycles. The topological polar surface area (TPSA) is 52.3 Å². The standard InChI is InChI=1S/C11H13Br2NO2/c1-11(2,3)16-10(15)8-6(12)4-5-7(13)9(8)14/h4-5H,14H2,1-3H3. The number of halogens is 2. The van der Waals surface area contributed by atoms with Crippen molar-refractivity contribution in [1.29, 1.82) is 0 Å². The number of esters is 1. The van der Waals surface area contributed by atoms with Gasteiger partial charge in [0.2, 0.25) is 0 Å². The normalized spacial score (nSPS) is 11.3. The van der Waals surface area contributed by atoms with E-state index in [4.69, 9.17) is 10.5 Å². The third-order valence-corrected chi connectivity index (χ3v) is 3.10. The molecule has 0 aromatic heterocycles. The van der Waals surface area contributed by atoms with Crippen molar-refractivity contribution in [2.75, 3.05) is 5.73 Å². The summed E-state index contributed by atoms with van der Waals surface area (Å²) in [5, 5.41) is 0. The van der Waals surface area contributed by atoms with E-state index < -0.39 is 11.6 Å². The van der Waals surface area contributed by atoms with E-state index in [1.54, 1.807) is 12.1 Å². The molecule has 16 heavy (non-hydrogen) atoms. The summed E-state index contributed by atoms with van der Waals surface area (Å²) in [6, 6.07) is 3.52. The Morgan fingerprint density at radius 3 is 2.25 bits per heavy atom. The van der Waals surface area contributed by atoms with Crippen LogP contribution in [0.5, 0.6) is 0 Å². The van der Waals surface area contributed by atoms with Crippen molar-refractivity contribution in [3.05, 3.63) is 26.6 Å². The molecular formula is C11H13Br2NO2. The highest BCUT2D eigenvalue weighted by atomic mass is 79.9. The molecule has 5 heteroatoms. The second-order valence-electron chi connectivity index (χ2n) is 4.32. The summed E-state index contributed by atoms with van der Waals surface area (Å²) >= 11 is 6.56. The molecule has 1 aromatic rings. The Hall–Kier alpha value is -0.550. The van der Waals surface area contributed by atoms with E-state index in [-0.39, 0.29) is 0 Å². The van der Waals surface area contributed by atoms with Gasteiger partial charge in [-0.1, -0.05) is 0 Å². The fourth-order valence-corrected chi connectivity index (χ4v) is 1.94. The molecule has 0 bridgehead atoms. The highest BCUT2D eigenvalue weighted by Crippen LogP contribution is 2.31. The van der Waals surface area contributed by atoms with Gasteiger partial charge in [-0.05, 0) is 64.8 Å². The summed E-state index contributed by atoms with van der Waals surface area (Å²) in [5.41, 5.74) is 6.02. The molecule has 3 nitrogen and oxygen atoms in total. The van der Waals surface area contributed by atoms with Gasteiger partial charge < -0.3 is 10.5 Å². The van der Waals surface area contributed by atoms with Gasteiger partial charge >= 0.3 is 5.97 Å². The summed E-state index contributed by atoms with van der Waals surface area (Å²) in [6.45, 7) is 5.44.